The number of hydrogen-bond donors (Lipinski definition) is 0. The molecule has 0 saturated carbocycles. The SMILES string of the molecule is Cc1cccc(Br)c1C(C)C=O. The largest absolute Gasteiger partial charge is 0.303 e. The van der Waals surface area contributed by atoms with Crippen molar-refractivity contribution in [3.8, 4) is 0 Å². The molecule has 0 fully saturated rings. The Bertz CT molecular complexity index is 274. The van der Waals surface area contributed by atoms with Crippen LogP contribution in [-0.2, 0) is 4.79 Å². The number of hydrogen-bond acceptors (Lipinski definition) is 1. The minimum atomic E-state index is -0.0272. The van der Waals surface area contributed by atoms with Crippen LogP contribution in [0.3, 0.4) is 0 Å². The van der Waals surface area contributed by atoms with Crippen molar-refractivity contribution in [3.05, 3.63) is 33.8 Å². The van der Waals surface area contributed by atoms with E-state index in [1.54, 1.807) is 0 Å². The Morgan fingerprint density at radius 3 is 2.67 bits per heavy atom. The molecule has 1 rings (SSSR count). The summed E-state index contributed by atoms with van der Waals surface area (Å²) in [5.74, 6) is -0.0272. The Morgan fingerprint density at radius 2 is 2.17 bits per heavy atom. The second-order valence-corrected chi connectivity index (χ2v) is 3.75. The highest BCUT2D eigenvalue weighted by molar-refractivity contribution is 9.10. The van der Waals surface area contributed by atoms with Crippen LogP contribution in [0.2, 0.25) is 0 Å². The molecule has 0 saturated heterocycles. The molecule has 1 atom stereocenters. The van der Waals surface area contributed by atoms with Gasteiger partial charge in [-0.05, 0) is 24.1 Å². The lowest BCUT2D eigenvalue weighted by Crippen LogP contribution is -1.98. The highest BCUT2D eigenvalue weighted by Crippen LogP contribution is 2.26. The van der Waals surface area contributed by atoms with Gasteiger partial charge in [-0.1, -0.05) is 35.0 Å². The molecule has 0 radical (unpaired) electrons. The van der Waals surface area contributed by atoms with E-state index in [0.717, 1.165) is 21.9 Å². The molecular weight excluding hydrogens is 216 g/mol. The van der Waals surface area contributed by atoms with E-state index in [1.165, 1.54) is 0 Å². The number of halogens is 1. The van der Waals surface area contributed by atoms with Gasteiger partial charge in [-0.25, -0.2) is 0 Å². The predicted octanol–water partition coefficient (Wildman–Crippen LogP) is 3.06. The predicted molar refractivity (Wildman–Crippen MR) is 53.4 cm³/mol. The van der Waals surface area contributed by atoms with Crippen molar-refractivity contribution in [1.29, 1.82) is 0 Å². The molecule has 1 unspecified atom stereocenters. The number of aryl methyl sites for hydroxylation is 1. The standard InChI is InChI=1S/C10H11BrO/c1-7-4-3-5-9(11)10(7)8(2)6-12/h3-6,8H,1-2H3. The lowest BCUT2D eigenvalue weighted by atomic mass is 9.98. The summed E-state index contributed by atoms with van der Waals surface area (Å²) in [4.78, 5) is 10.6. The first-order chi connectivity index (χ1) is 5.66. The molecule has 1 aromatic rings. The summed E-state index contributed by atoms with van der Waals surface area (Å²) in [7, 11) is 0. The maximum atomic E-state index is 10.6. The van der Waals surface area contributed by atoms with E-state index in [9.17, 15) is 4.79 Å². The molecule has 0 bridgehead atoms. The van der Waals surface area contributed by atoms with Crippen LogP contribution in [0.25, 0.3) is 0 Å². The van der Waals surface area contributed by atoms with Crippen LogP contribution in [0, 0.1) is 6.92 Å². The summed E-state index contributed by atoms with van der Waals surface area (Å²) < 4.78 is 1.02. The maximum absolute atomic E-state index is 10.6. The van der Waals surface area contributed by atoms with Gasteiger partial charge in [0, 0.05) is 10.4 Å². The number of aldehydes is 1. The Morgan fingerprint density at radius 1 is 1.50 bits per heavy atom. The van der Waals surface area contributed by atoms with Gasteiger partial charge in [0.1, 0.15) is 6.29 Å². The monoisotopic (exact) mass is 226 g/mol. The Kier molecular flexibility index (Phi) is 3.04. The first kappa shape index (κ1) is 9.46. The van der Waals surface area contributed by atoms with Gasteiger partial charge in [0.2, 0.25) is 0 Å². The van der Waals surface area contributed by atoms with Crippen LogP contribution in [0.4, 0.5) is 0 Å². The molecule has 0 spiro atoms. The first-order valence-electron chi connectivity index (χ1n) is 3.87. The van der Waals surface area contributed by atoms with Crippen molar-refractivity contribution < 1.29 is 4.79 Å². The molecule has 0 aromatic heterocycles. The van der Waals surface area contributed by atoms with Gasteiger partial charge in [0.15, 0.2) is 0 Å². The van der Waals surface area contributed by atoms with E-state index in [0.29, 0.717) is 0 Å². The third kappa shape index (κ3) is 1.75. The van der Waals surface area contributed by atoms with Crippen LogP contribution in [0.5, 0.6) is 0 Å². The van der Waals surface area contributed by atoms with E-state index in [-0.39, 0.29) is 5.92 Å². The van der Waals surface area contributed by atoms with Crippen molar-refractivity contribution in [3.63, 3.8) is 0 Å². The second kappa shape index (κ2) is 3.85. The summed E-state index contributed by atoms with van der Waals surface area (Å²) in [6.07, 6.45) is 0.965. The summed E-state index contributed by atoms with van der Waals surface area (Å²) in [6, 6.07) is 5.95. The van der Waals surface area contributed by atoms with Crippen LogP contribution >= 0.6 is 15.9 Å². The quantitative estimate of drug-likeness (QED) is 0.709. The lowest BCUT2D eigenvalue weighted by Gasteiger charge is -2.10. The van der Waals surface area contributed by atoms with Gasteiger partial charge in [-0.15, -0.1) is 0 Å². The fraction of sp³-hybridized carbons (Fsp3) is 0.300. The van der Waals surface area contributed by atoms with Gasteiger partial charge in [-0.2, -0.15) is 0 Å². The van der Waals surface area contributed by atoms with Crippen LogP contribution in [0.15, 0.2) is 22.7 Å². The average Bonchev–Trinajstić information content (AvgIpc) is 2.03. The van der Waals surface area contributed by atoms with Crippen LogP contribution < -0.4 is 0 Å². The van der Waals surface area contributed by atoms with Crippen LogP contribution in [0.1, 0.15) is 24.0 Å². The van der Waals surface area contributed by atoms with Crippen molar-refractivity contribution in [2.45, 2.75) is 19.8 Å². The molecule has 2 heteroatoms. The molecule has 64 valence electrons. The van der Waals surface area contributed by atoms with E-state index in [1.807, 2.05) is 32.0 Å². The summed E-state index contributed by atoms with van der Waals surface area (Å²) >= 11 is 3.43. The zero-order chi connectivity index (χ0) is 9.14. The molecular formula is C10H11BrO. The molecule has 1 aromatic carbocycles. The van der Waals surface area contributed by atoms with E-state index in [4.69, 9.17) is 0 Å². The minimum Gasteiger partial charge on any atom is -0.303 e. The highest BCUT2D eigenvalue weighted by atomic mass is 79.9. The van der Waals surface area contributed by atoms with Crippen molar-refractivity contribution >= 4 is 22.2 Å². The van der Waals surface area contributed by atoms with E-state index < -0.39 is 0 Å². The molecule has 0 amide bonds. The topological polar surface area (TPSA) is 17.1 Å². The van der Waals surface area contributed by atoms with Crippen molar-refractivity contribution in [1.82, 2.24) is 0 Å². The fourth-order valence-corrected chi connectivity index (χ4v) is 2.12. The maximum Gasteiger partial charge on any atom is 0.127 e. The Balaban J connectivity index is 3.20. The molecule has 0 aliphatic heterocycles. The smallest absolute Gasteiger partial charge is 0.127 e. The Hall–Kier alpha value is -0.630. The summed E-state index contributed by atoms with van der Waals surface area (Å²) in [5, 5.41) is 0. The summed E-state index contributed by atoms with van der Waals surface area (Å²) in [5.41, 5.74) is 2.25. The summed E-state index contributed by atoms with van der Waals surface area (Å²) in [6.45, 7) is 3.92. The van der Waals surface area contributed by atoms with Crippen LogP contribution in [-0.4, -0.2) is 6.29 Å². The number of rotatable bonds is 2. The molecule has 0 heterocycles. The molecule has 0 aliphatic rings. The average molecular weight is 227 g/mol. The second-order valence-electron chi connectivity index (χ2n) is 2.90. The minimum absolute atomic E-state index is 0.0272. The van der Waals surface area contributed by atoms with Gasteiger partial charge in [0.05, 0.1) is 0 Å². The lowest BCUT2D eigenvalue weighted by molar-refractivity contribution is -0.108. The Labute approximate surface area is 80.9 Å². The van der Waals surface area contributed by atoms with E-state index >= 15 is 0 Å². The van der Waals surface area contributed by atoms with Gasteiger partial charge >= 0.3 is 0 Å². The van der Waals surface area contributed by atoms with E-state index in [2.05, 4.69) is 15.9 Å². The zero-order valence-electron chi connectivity index (χ0n) is 7.17. The number of carbonyl (C=O) groups excluding carboxylic acids is 1. The van der Waals surface area contributed by atoms with Gasteiger partial charge < -0.3 is 4.79 Å². The van der Waals surface area contributed by atoms with Crippen molar-refractivity contribution in [2.24, 2.45) is 0 Å². The molecule has 12 heavy (non-hydrogen) atoms. The van der Waals surface area contributed by atoms with Crippen molar-refractivity contribution in [2.75, 3.05) is 0 Å². The van der Waals surface area contributed by atoms with Gasteiger partial charge in [0.25, 0.3) is 0 Å². The van der Waals surface area contributed by atoms with Gasteiger partial charge in [-0.3, -0.25) is 0 Å². The molecule has 0 aliphatic carbocycles. The fourth-order valence-electron chi connectivity index (χ4n) is 1.29. The normalized spacial score (nSPS) is 12.6. The molecule has 1 nitrogen and oxygen atoms in total. The number of carbonyl (C=O) groups is 1. The first-order valence-corrected chi connectivity index (χ1v) is 4.66. The zero-order valence-corrected chi connectivity index (χ0v) is 8.76. The third-order valence-corrected chi connectivity index (χ3v) is 2.62. The third-order valence-electron chi connectivity index (χ3n) is 1.93. The molecule has 0 N–H and O–H groups in total. The number of benzene rings is 1. The highest BCUT2D eigenvalue weighted by Gasteiger charge is 2.09.